The Morgan fingerprint density at radius 3 is 2.91 bits per heavy atom. The van der Waals surface area contributed by atoms with Gasteiger partial charge in [0.05, 0.1) is 18.7 Å². The quantitative estimate of drug-likeness (QED) is 0.928. The Labute approximate surface area is 141 Å². The van der Waals surface area contributed by atoms with Gasteiger partial charge in [0.25, 0.3) is 0 Å². The number of halogens is 1. The number of hydrogen-bond donors (Lipinski definition) is 1. The lowest BCUT2D eigenvalue weighted by molar-refractivity contribution is -0.115. The fourth-order valence-corrected chi connectivity index (χ4v) is 3.15. The van der Waals surface area contributed by atoms with E-state index in [1.807, 2.05) is 12.1 Å². The Morgan fingerprint density at radius 2 is 2.13 bits per heavy atom. The molecule has 1 aliphatic rings. The first-order valence-corrected chi connectivity index (χ1v) is 8.01. The molecule has 23 heavy (non-hydrogen) atoms. The molecule has 2 aromatic carbocycles. The van der Waals surface area contributed by atoms with E-state index in [1.165, 1.54) is 5.56 Å². The molecule has 0 saturated carbocycles. The number of hydrogen-bond acceptors (Lipinski definition) is 3. The maximum Gasteiger partial charge on any atom is 0.243 e. The molecule has 3 rings (SSSR count). The second-order valence-corrected chi connectivity index (χ2v) is 5.96. The van der Waals surface area contributed by atoms with Crippen molar-refractivity contribution in [1.29, 1.82) is 0 Å². The molecule has 0 atom stereocenters. The first kappa shape index (κ1) is 15.7. The number of fused-ring (bicyclic) bond motifs is 1. The number of rotatable bonds is 4. The van der Waals surface area contributed by atoms with Crippen LogP contribution < -0.4 is 15.0 Å². The second-order valence-electron chi connectivity index (χ2n) is 5.55. The Kier molecular flexibility index (Phi) is 4.72. The molecule has 0 spiro atoms. The van der Waals surface area contributed by atoms with Gasteiger partial charge in [-0.2, -0.15) is 0 Å². The van der Waals surface area contributed by atoms with E-state index in [1.54, 1.807) is 25.3 Å². The van der Waals surface area contributed by atoms with Gasteiger partial charge in [-0.25, -0.2) is 0 Å². The lowest BCUT2D eigenvalue weighted by Crippen LogP contribution is -2.36. The van der Waals surface area contributed by atoms with E-state index in [2.05, 4.69) is 22.3 Å². The van der Waals surface area contributed by atoms with E-state index >= 15 is 0 Å². The normalized spacial score (nSPS) is 13.4. The van der Waals surface area contributed by atoms with Crippen molar-refractivity contribution < 1.29 is 9.53 Å². The zero-order valence-corrected chi connectivity index (χ0v) is 13.8. The van der Waals surface area contributed by atoms with Crippen molar-refractivity contribution >= 4 is 28.9 Å². The highest BCUT2D eigenvalue weighted by Crippen LogP contribution is 2.28. The van der Waals surface area contributed by atoms with Gasteiger partial charge in [-0.05, 0) is 42.7 Å². The summed E-state index contributed by atoms with van der Waals surface area (Å²) in [5.74, 6) is 0.539. The lowest BCUT2D eigenvalue weighted by atomic mass is 10.0. The zero-order valence-electron chi connectivity index (χ0n) is 13.0. The molecule has 120 valence electrons. The number of benzene rings is 2. The molecule has 0 saturated heterocycles. The van der Waals surface area contributed by atoms with Crippen molar-refractivity contribution in [3.63, 3.8) is 0 Å². The van der Waals surface area contributed by atoms with Gasteiger partial charge < -0.3 is 15.0 Å². The fraction of sp³-hybridized carbons (Fsp3) is 0.278. The van der Waals surface area contributed by atoms with Gasteiger partial charge in [0.1, 0.15) is 5.75 Å². The summed E-state index contributed by atoms with van der Waals surface area (Å²) >= 11 is 6.09. The number of aryl methyl sites for hydroxylation is 1. The molecule has 4 nitrogen and oxygen atoms in total. The van der Waals surface area contributed by atoms with Crippen molar-refractivity contribution in [3.05, 3.63) is 53.1 Å². The molecule has 0 fully saturated rings. The van der Waals surface area contributed by atoms with E-state index in [-0.39, 0.29) is 5.91 Å². The summed E-state index contributed by atoms with van der Waals surface area (Å²) in [7, 11) is 1.56. The Balaban J connectivity index is 1.67. The van der Waals surface area contributed by atoms with E-state index in [9.17, 15) is 4.79 Å². The Morgan fingerprint density at radius 1 is 1.30 bits per heavy atom. The van der Waals surface area contributed by atoms with Gasteiger partial charge in [-0.15, -0.1) is 0 Å². The van der Waals surface area contributed by atoms with Crippen molar-refractivity contribution in [3.8, 4) is 5.75 Å². The summed E-state index contributed by atoms with van der Waals surface area (Å²) in [5.41, 5.74) is 3.13. The third-order valence-electron chi connectivity index (χ3n) is 3.98. The van der Waals surface area contributed by atoms with Crippen molar-refractivity contribution in [2.45, 2.75) is 12.8 Å². The van der Waals surface area contributed by atoms with Crippen LogP contribution in [0.1, 0.15) is 12.0 Å². The molecular weight excluding hydrogens is 312 g/mol. The third kappa shape index (κ3) is 3.59. The number of carbonyl (C=O) groups excluding carboxylic acids is 1. The Bertz CT molecular complexity index is 718. The average Bonchev–Trinajstić information content (AvgIpc) is 2.55. The first-order valence-electron chi connectivity index (χ1n) is 7.63. The van der Waals surface area contributed by atoms with Gasteiger partial charge in [-0.3, -0.25) is 4.79 Å². The van der Waals surface area contributed by atoms with Crippen molar-refractivity contribution in [1.82, 2.24) is 0 Å². The molecule has 1 amide bonds. The largest absolute Gasteiger partial charge is 0.495 e. The molecule has 2 aromatic rings. The van der Waals surface area contributed by atoms with Crippen LogP contribution in [0.15, 0.2) is 42.5 Å². The number of methoxy groups -OCH3 is 1. The number of ether oxygens (including phenoxy) is 1. The van der Waals surface area contributed by atoms with Gasteiger partial charge >= 0.3 is 0 Å². The van der Waals surface area contributed by atoms with Crippen LogP contribution in [0.3, 0.4) is 0 Å². The highest BCUT2D eigenvalue weighted by Gasteiger charge is 2.18. The summed E-state index contributed by atoms with van der Waals surface area (Å²) in [6.45, 7) is 1.23. The smallest absolute Gasteiger partial charge is 0.243 e. The number of nitrogens with zero attached hydrogens (tertiary/aromatic N) is 1. The van der Waals surface area contributed by atoms with Crippen LogP contribution in [0, 0.1) is 0 Å². The minimum absolute atomic E-state index is 0.0528. The average molecular weight is 331 g/mol. The van der Waals surface area contributed by atoms with Gasteiger partial charge in [0, 0.05) is 17.9 Å². The predicted molar refractivity (Wildman–Crippen MR) is 93.6 cm³/mol. The van der Waals surface area contributed by atoms with E-state index in [4.69, 9.17) is 16.3 Å². The SMILES string of the molecule is COc1ccc(NC(=O)CN2CCCc3ccccc32)cc1Cl. The van der Waals surface area contributed by atoms with Crippen LogP contribution in [0.4, 0.5) is 11.4 Å². The molecule has 0 aromatic heterocycles. The van der Waals surface area contributed by atoms with Crippen LogP contribution in [-0.2, 0) is 11.2 Å². The molecule has 1 N–H and O–H groups in total. The number of anilines is 2. The highest BCUT2D eigenvalue weighted by molar-refractivity contribution is 6.32. The topological polar surface area (TPSA) is 41.6 Å². The number of amides is 1. The standard InChI is InChI=1S/C18H19ClN2O2/c1-23-17-9-8-14(11-15(17)19)20-18(22)12-21-10-4-6-13-5-2-3-7-16(13)21/h2-3,5,7-9,11H,4,6,10,12H2,1H3,(H,20,22). The van der Waals surface area contributed by atoms with Crippen molar-refractivity contribution in [2.75, 3.05) is 30.4 Å². The van der Waals surface area contributed by atoms with E-state index in [0.29, 0.717) is 23.0 Å². The molecule has 0 bridgehead atoms. The molecule has 1 heterocycles. The summed E-state index contributed by atoms with van der Waals surface area (Å²) in [5, 5.41) is 3.37. The predicted octanol–water partition coefficient (Wildman–Crippen LogP) is 3.74. The molecule has 0 unspecified atom stereocenters. The van der Waals surface area contributed by atoms with Crippen LogP contribution in [-0.4, -0.2) is 26.1 Å². The van der Waals surface area contributed by atoms with E-state index < -0.39 is 0 Å². The minimum Gasteiger partial charge on any atom is -0.495 e. The number of nitrogens with one attached hydrogen (secondary N) is 1. The second kappa shape index (κ2) is 6.92. The maximum absolute atomic E-state index is 12.3. The molecule has 5 heteroatoms. The first-order chi connectivity index (χ1) is 11.2. The van der Waals surface area contributed by atoms with Gasteiger partial charge in [-0.1, -0.05) is 29.8 Å². The minimum atomic E-state index is -0.0528. The molecule has 1 aliphatic heterocycles. The van der Waals surface area contributed by atoms with Crippen LogP contribution in [0.5, 0.6) is 5.75 Å². The summed E-state index contributed by atoms with van der Waals surface area (Å²) in [4.78, 5) is 14.5. The Hall–Kier alpha value is -2.20. The van der Waals surface area contributed by atoms with Crippen LogP contribution in [0.2, 0.25) is 5.02 Å². The lowest BCUT2D eigenvalue weighted by Gasteiger charge is -2.30. The fourth-order valence-electron chi connectivity index (χ4n) is 2.89. The van der Waals surface area contributed by atoms with E-state index in [0.717, 1.165) is 25.1 Å². The molecular formula is C18H19ClN2O2. The number of carbonyl (C=O) groups is 1. The molecule has 0 aliphatic carbocycles. The van der Waals surface area contributed by atoms with Crippen LogP contribution in [0.25, 0.3) is 0 Å². The summed E-state index contributed by atoms with van der Waals surface area (Å²) in [6, 6.07) is 13.5. The summed E-state index contributed by atoms with van der Waals surface area (Å²) in [6.07, 6.45) is 2.14. The third-order valence-corrected chi connectivity index (χ3v) is 4.27. The van der Waals surface area contributed by atoms with Crippen LogP contribution >= 0.6 is 11.6 Å². The van der Waals surface area contributed by atoms with Crippen molar-refractivity contribution in [2.24, 2.45) is 0 Å². The van der Waals surface area contributed by atoms with Gasteiger partial charge in [0.15, 0.2) is 0 Å². The maximum atomic E-state index is 12.3. The number of para-hydroxylation sites is 1. The highest BCUT2D eigenvalue weighted by atomic mass is 35.5. The van der Waals surface area contributed by atoms with Gasteiger partial charge in [0.2, 0.25) is 5.91 Å². The molecule has 0 radical (unpaired) electrons. The summed E-state index contributed by atoms with van der Waals surface area (Å²) < 4.78 is 5.11. The monoisotopic (exact) mass is 330 g/mol. The zero-order chi connectivity index (χ0) is 16.2.